The standard InChI is InChI=1S/C20H22BrN3O3S/c1-20(2,3)18(26)22-13-6-5-7-14(11-13)23-19(28)24-17(25)15-10-12(21)8-9-16(15)27-4/h5-11H,1-4H3,(H,22,26)(H2,23,24,25,28). The van der Waals surface area contributed by atoms with E-state index in [9.17, 15) is 9.59 Å². The fourth-order valence-corrected chi connectivity index (χ4v) is 2.76. The van der Waals surface area contributed by atoms with E-state index in [4.69, 9.17) is 17.0 Å². The van der Waals surface area contributed by atoms with Gasteiger partial charge in [-0.3, -0.25) is 14.9 Å². The molecule has 0 aromatic heterocycles. The van der Waals surface area contributed by atoms with Crippen molar-refractivity contribution in [1.82, 2.24) is 5.32 Å². The van der Waals surface area contributed by atoms with Gasteiger partial charge in [0.1, 0.15) is 5.75 Å². The molecule has 0 unspecified atom stereocenters. The van der Waals surface area contributed by atoms with Crippen LogP contribution in [0.4, 0.5) is 11.4 Å². The average molecular weight is 464 g/mol. The molecule has 0 aliphatic rings. The minimum atomic E-state index is -0.504. The SMILES string of the molecule is COc1ccc(Br)cc1C(=O)NC(=S)Nc1cccc(NC(=O)C(C)(C)C)c1. The number of benzene rings is 2. The highest BCUT2D eigenvalue weighted by molar-refractivity contribution is 9.10. The number of hydrogen-bond donors (Lipinski definition) is 3. The van der Waals surface area contributed by atoms with E-state index in [2.05, 4.69) is 31.9 Å². The van der Waals surface area contributed by atoms with Crippen LogP contribution in [-0.4, -0.2) is 24.0 Å². The molecule has 0 saturated heterocycles. The molecule has 0 aliphatic carbocycles. The van der Waals surface area contributed by atoms with Gasteiger partial charge in [0.25, 0.3) is 5.91 Å². The Morgan fingerprint density at radius 3 is 2.29 bits per heavy atom. The summed E-state index contributed by atoms with van der Waals surface area (Å²) in [6.07, 6.45) is 0. The highest BCUT2D eigenvalue weighted by Gasteiger charge is 2.21. The number of methoxy groups -OCH3 is 1. The van der Waals surface area contributed by atoms with Crippen LogP contribution >= 0.6 is 28.1 Å². The van der Waals surface area contributed by atoms with Crippen molar-refractivity contribution < 1.29 is 14.3 Å². The Kier molecular flexibility index (Phi) is 7.15. The highest BCUT2D eigenvalue weighted by Crippen LogP contribution is 2.23. The number of anilines is 2. The van der Waals surface area contributed by atoms with Gasteiger partial charge in [0.2, 0.25) is 5.91 Å². The predicted molar refractivity (Wildman–Crippen MR) is 119 cm³/mol. The van der Waals surface area contributed by atoms with E-state index >= 15 is 0 Å². The van der Waals surface area contributed by atoms with Gasteiger partial charge < -0.3 is 15.4 Å². The number of amides is 2. The van der Waals surface area contributed by atoms with Crippen molar-refractivity contribution in [3.8, 4) is 5.75 Å². The van der Waals surface area contributed by atoms with Crippen LogP contribution in [0.1, 0.15) is 31.1 Å². The molecule has 28 heavy (non-hydrogen) atoms. The lowest BCUT2D eigenvalue weighted by Crippen LogP contribution is -2.34. The third-order valence-electron chi connectivity index (χ3n) is 3.69. The molecule has 2 aromatic carbocycles. The molecule has 2 rings (SSSR count). The van der Waals surface area contributed by atoms with Crippen molar-refractivity contribution in [1.29, 1.82) is 0 Å². The third kappa shape index (κ3) is 6.03. The number of ether oxygens (including phenoxy) is 1. The van der Waals surface area contributed by atoms with E-state index < -0.39 is 11.3 Å². The van der Waals surface area contributed by atoms with Gasteiger partial charge in [-0.25, -0.2) is 0 Å². The van der Waals surface area contributed by atoms with E-state index in [1.54, 1.807) is 42.5 Å². The molecule has 0 aliphatic heterocycles. The van der Waals surface area contributed by atoms with Gasteiger partial charge in [0.15, 0.2) is 5.11 Å². The zero-order valence-corrected chi connectivity index (χ0v) is 18.5. The molecule has 6 nitrogen and oxygen atoms in total. The second-order valence-electron chi connectivity index (χ2n) is 7.04. The number of carbonyl (C=O) groups is 2. The summed E-state index contributed by atoms with van der Waals surface area (Å²) in [6.45, 7) is 5.52. The van der Waals surface area contributed by atoms with Crippen LogP contribution in [0.25, 0.3) is 0 Å². The topological polar surface area (TPSA) is 79.5 Å². The highest BCUT2D eigenvalue weighted by atomic mass is 79.9. The Morgan fingerprint density at radius 2 is 1.68 bits per heavy atom. The second-order valence-corrected chi connectivity index (χ2v) is 8.36. The van der Waals surface area contributed by atoms with Crippen molar-refractivity contribution in [3.63, 3.8) is 0 Å². The molecule has 0 saturated carbocycles. The van der Waals surface area contributed by atoms with Gasteiger partial charge >= 0.3 is 0 Å². The van der Waals surface area contributed by atoms with Crippen LogP contribution in [0.2, 0.25) is 0 Å². The van der Waals surface area contributed by atoms with Gasteiger partial charge in [-0.05, 0) is 48.6 Å². The molecular weight excluding hydrogens is 442 g/mol. The molecule has 0 bridgehead atoms. The normalized spacial score (nSPS) is 10.8. The molecule has 0 atom stereocenters. The monoisotopic (exact) mass is 463 g/mol. The first-order valence-corrected chi connectivity index (χ1v) is 9.67. The van der Waals surface area contributed by atoms with E-state index in [1.165, 1.54) is 7.11 Å². The van der Waals surface area contributed by atoms with Crippen molar-refractivity contribution >= 4 is 56.4 Å². The van der Waals surface area contributed by atoms with E-state index in [0.29, 0.717) is 22.7 Å². The summed E-state index contributed by atoms with van der Waals surface area (Å²) in [7, 11) is 1.49. The smallest absolute Gasteiger partial charge is 0.261 e. The number of carbonyl (C=O) groups excluding carboxylic acids is 2. The number of nitrogens with one attached hydrogen (secondary N) is 3. The molecule has 0 heterocycles. The van der Waals surface area contributed by atoms with E-state index in [0.717, 1.165) is 4.47 Å². The van der Waals surface area contributed by atoms with Crippen molar-refractivity contribution in [2.75, 3.05) is 17.7 Å². The van der Waals surface area contributed by atoms with E-state index in [-0.39, 0.29) is 11.0 Å². The second kappa shape index (κ2) is 9.16. The lowest BCUT2D eigenvalue weighted by molar-refractivity contribution is -0.123. The summed E-state index contributed by atoms with van der Waals surface area (Å²) < 4.78 is 5.97. The van der Waals surface area contributed by atoms with Gasteiger partial charge in [-0.1, -0.05) is 42.8 Å². The first-order chi connectivity index (χ1) is 13.1. The van der Waals surface area contributed by atoms with Gasteiger partial charge in [0, 0.05) is 21.3 Å². The molecule has 2 amide bonds. The molecule has 2 aromatic rings. The van der Waals surface area contributed by atoms with Gasteiger partial charge in [-0.2, -0.15) is 0 Å². The summed E-state index contributed by atoms with van der Waals surface area (Å²) >= 11 is 8.57. The molecule has 0 fully saturated rings. The third-order valence-corrected chi connectivity index (χ3v) is 4.39. The van der Waals surface area contributed by atoms with Crippen molar-refractivity contribution in [2.24, 2.45) is 5.41 Å². The van der Waals surface area contributed by atoms with Crippen LogP contribution in [0.3, 0.4) is 0 Å². The van der Waals surface area contributed by atoms with Crippen molar-refractivity contribution in [3.05, 3.63) is 52.5 Å². The minimum absolute atomic E-state index is 0.0951. The summed E-state index contributed by atoms with van der Waals surface area (Å²) in [5.41, 5.74) is 1.12. The zero-order chi connectivity index (χ0) is 20.9. The summed E-state index contributed by atoms with van der Waals surface area (Å²) in [6, 6.07) is 12.2. The quantitative estimate of drug-likeness (QED) is 0.578. The number of thiocarbonyl (C=S) groups is 1. The lowest BCUT2D eigenvalue weighted by atomic mass is 9.95. The lowest BCUT2D eigenvalue weighted by Gasteiger charge is -2.18. The summed E-state index contributed by atoms with van der Waals surface area (Å²) in [5, 5.41) is 8.55. The first-order valence-electron chi connectivity index (χ1n) is 8.47. The zero-order valence-electron chi connectivity index (χ0n) is 16.1. The molecule has 3 N–H and O–H groups in total. The summed E-state index contributed by atoms with van der Waals surface area (Å²) in [5.74, 6) is -0.0505. The maximum atomic E-state index is 12.5. The van der Waals surface area contributed by atoms with Gasteiger partial charge in [-0.15, -0.1) is 0 Å². The first kappa shape index (κ1) is 21.8. The Balaban J connectivity index is 2.05. The van der Waals surface area contributed by atoms with Crippen LogP contribution in [-0.2, 0) is 4.79 Å². The minimum Gasteiger partial charge on any atom is -0.496 e. The molecule has 8 heteroatoms. The molecular formula is C20H22BrN3O3S. The average Bonchev–Trinajstić information content (AvgIpc) is 2.61. The molecule has 148 valence electrons. The van der Waals surface area contributed by atoms with Crippen LogP contribution < -0.4 is 20.7 Å². The van der Waals surface area contributed by atoms with Gasteiger partial charge in [0.05, 0.1) is 12.7 Å². The van der Waals surface area contributed by atoms with Crippen molar-refractivity contribution in [2.45, 2.75) is 20.8 Å². The Labute approximate surface area is 178 Å². The van der Waals surface area contributed by atoms with E-state index in [1.807, 2.05) is 20.8 Å². The Bertz CT molecular complexity index is 910. The number of rotatable bonds is 4. The Hall–Kier alpha value is -2.45. The Morgan fingerprint density at radius 1 is 1.04 bits per heavy atom. The van der Waals surface area contributed by atoms with Crippen LogP contribution in [0, 0.1) is 5.41 Å². The fourth-order valence-electron chi connectivity index (χ4n) is 2.18. The molecule has 0 spiro atoms. The van der Waals surface area contributed by atoms with Crippen LogP contribution in [0.15, 0.2) is 46.9 Å². The summed E-state index contributed by atoms with van der Waals surface area (Å²) in [4.78, 5) is 24.6. The maximum absolute atomic E-state index is 12.5. The predicted octanol–water partition coefficient (Wildman–Crippen LogP) is 4.57. The largest absolute Gasteiger partial charge is 0.496 e. The molecule has 0 radical (unpaired) electrons. The number of halogens is 1. The fraction of sp³-hybridized carbons (Fsp3) is 0.250. The maximum Gasteiger partial charge on any atom is 0.261 e. The number of hydrogen-bond acceptors (Lipinski definition) is 4. The van der Waals surface area contributed by atoms with Crippen LogP contribution in [0.5, 0.6) is 5.75 Å².